The first kappa shape index (κ1) is 155. The molecule has 0 saturated carbocycles. The van der Waals surface area contributed by atoms with Crippen LogP contribution in [0.2, 0.25) is 0 Å². The lowest BCUT2D eigenvalue weighted by molar-refractivity contribution is -0.162. The van der Waals surface area contributed by atoms with E-state index >= 15 is 0 Å². The lowest BCUT2D eigenvalue weighted by atomic mass is 10.1. The fourth-order valence-corrected chi connectivity index (χ4v) is 4.75. The topological polar surface area (TPSA) is 1150 Å². The molecule has 0 fully saturated rings. The third-order valence-electron chi connectivity index (χ3n) is 12.9. The van der Waals surface area contributed by atoms with E-state index in [0.717, 1.165) is 25.7 Å². The summed E-state index contributed by atoms with van der Waals surface area (Å²) in [7, 11) is 0. The Balaban J connectivity index is -0.0000000756. The van der Waals surface area contributed by atoms with Gasteiger partial charge in [-0.05, 0) is 114 Å². The molecule has 0 unspecified atom stereocenters. The molecular weight excluding hydrogens is 1740 g/mol. The zero-order valence-corrected chi connectivity index (χ0v) is 77.2. The van der Waals surface area contributed by atoms with E-state index in [4.69, 9.17) is 168 Å². The predicted octanol–water partition coefficient (Wildman–Crippen LogP) is -7.30. The van der Waals surface area contributed by atoms with Crippen LogP contribution in [0.3, 0.4) is 0 Å². The van der Waals surface area contributed by atoms with Crippen LogP contribution in [0.4, 0.5) is 0 Å². The second-order valence-corrected chi connectivity index (χ2v) is 28.7. The average molecular weight is 1900 g/mol. The fourth-order valence-electron chi connectivity index (χ4n) is 4.59. The van der Waals surface area contributed by atoms with Gasteiger partial charge >= 0.3 is 107 Å². The molecule has 55 nitrogen and oxygen atoms in total. The lowest BCUT2D eigenvalue weighted by Crippen LogP contribution is -2.40. The maximum atomic E-state index is 11.2. The number of ether oxygens (including phenoxy) is 2. The Morgan fingerprint density at radius 1 is 0.250 bits per heavy atom. The summed E-state index contributed by atoms with van der Waals surface area (Å²) < 4.78 is 9.10. The van der Waals surface area contributed by atoms with E-state index in [1.807, 2.05) is 27.7 Å². The minimum atomic E-state index is -1.21. The lowest BCUT2D eigenvalue weighted by Gasteiger charge is -2.14. The van der Waals surface area contributed by atoms with Gasteiger partial charge in [0.05, 0.1) is 26.2 Å². The number of carboxylic acid groups (broad SMARTS) is 15. The highest BCUT2D eigenvalue weighted by Crippen LogP contribution is 2.06. The Kier molecular flexibility index (Phi) is 123. The summed E-state index contributed by atoms with van der Waals surface area (Å²) in [5.41, 5.74) is 101. The molecule has 0 spiro atoms. The number of hydrogen-bond donors (Lipinski definition) is 36. The van der Waals surface area contributed by atoms with Gasteiger partial charge in [-0.2, -0.15) is 12.6 Å². The first-order valence-electron chi connectivity index (χ1n) is 38.6. The number of unbranched alkanes of at least 4 members (excludes halogenated alkanes) is 2. The van der Waals surface area contributed by atoms with Crippen LogP contribution >= 0.6 is 12.6 Å². The van der Waals surface area contributed by atoms with Gasteiger partial charge in [-0.3, -0.25) is 76.7 Å². The number of rotatable bonds is 38. The number of esters is 3. The third-order valence-corrected chi connectivity index (χ3v) is 13.3. The van der Waals surface area contributed by atoms with Crippen LogP contribution in [0.1, 0.15) is 169 Å². The Bertz CT molecular complexity index is 2740. The van der Waals surface area contributed by atoms with Gasteiger partial charge in [0.15, 0.2) is 0 Å². The molecule has 0 bridgehead atoms. The number of carboxylic acids is 15. The molecule has 0 aromatic carbocycles. The van der Waals surface area contributed by atoms with E-state index in [2.05, 4.69) is 45.0 Å². The molecule has 0 aliphatic carbocycles. The van der Waals surface area contributed by atoms with Gasteiger partial charge in [0.25, 0.3) is 0 Å². The van der Waals surface area contributed by atoms with Gasteiger partial charge in [0.1, 0.15) is 91.2 Å². The van der Waals surface area contributed by atoms with Gasteiger partial charge < -0.3 is 201 Å². The van der Waals surface area contributed by atoms with Crippen molar-refractivity contribution in [2.24, 2.45) is 156 Å². The van der Waals surface area contributed by atoms with Crippen LogP contribution in [-0.2, 0) is 95.8 Å². The molecule has 128 heavy (non-hydrogen) atoms. The molecule has 0 rings (SSSR count). The zero-order valence-electron chi connectivity index (χ0n) is 76.3. The largest absolute Gasteiger partial charge is 0.480 e. The van der Waals surface area contributed by atoms with E-state index in [1.165, 1.54) is 20.8 Å². The van der Waals surface area contributed by atoms with E-state index in [-0.39, 0.29) is 74.0 Å². The van der Waals surface area contributed by atoms with Gasteiger partial charge in [0.2, 0.25) is 0 Å². The molecule has 14 atom stereocenters. The Labute approximate surface area is 751 Å². The standard InChI is InChI=1S/C9H19N3O3.C9H18N2O4.C6H14N2O2.C6H13NO2.5C5H11NO2.C3H7NO2S.2C3H7NO2.4C2H5NO2/c1-6(11)8(13)15-9(14)7(12)4-2-3-5-10;1-5(2)3-6(10)9(14)15-4-7(11)8(12)13;7-4-2-1-3-5(8)6(9)10;1-4(2)3-5(7)6(8)9;5*1-3(2)4(6)5(7)8;4-2(1-7)3(5)6;2*1-2(4)3(5)6;4*3-1-2(4)5/h6-7H,2-5,10-12H2,1H3;5-7H,3-4,10-11H2,1-2H3,(H,12,13);5H,1-4,7-8H2,(H,9,10);4-5H,3,7H2,1-2H3,(H,8,9);5*3-4H,6H2,1-2H3,(H,7,8);2,7H,1,4H2,(H,5,6);2*2H,4H2,1H3,(H,5,6);4*1,3H2,(H,4,5)/t2*6-,7-;2*5-;5*4-;3*2-;;;;/m000000000000..../s1. The molecule has 55 N–H and O–H groups in total. The van der Waals surface area contributed by atoms with Crippen LogP contribution in [0.5, 0.6) is 0 Å². The smallest absolute Gasteiger partial charge is 0.330 e. The van der Waals surface area contributed by atoms with Crippen molar-refractivity contribution in [2.45, 2.75) is 254 Å². The summed E-state index contributed by atoms with van der Waals surface area (Å²) in [6.07, 6.45) is 5.21. The van der Waals surface area contributed by atoms with Crippen molar-refractivity contribution in [3.8, 4) is 0 Å². The molecule has 0 saturated heterocycles. The number of carbonyl (C=O) groups excluding carboxylic acids is 3. The summed E-state index contributed by atoms with van der Waals surface area (Å²) in [6.45, 7) is 29.5. The van der Waals surface area contributed by atoms with Crippen molar-refractivity contribution in [1.82, 2.24) is 0 Å². The van der Waals surface area contributed by atoms with Gasteiger partial charge in [-0.25, -0.2) is 9.59 Å². The minimum Gasteiger partial charge on any atom is -0.480 e. The fraction of sp³-hybridized carbons (Fsp3) is 0.750. The molecule has 56 heteroatoms. The molecule has 0 heterocycles. The zero-order chi connectivity index (χ0) is 106. The average Bonchev–Trinajstić information content (AvgIpc) is 0.935. The SMILES string of the molecule is CC(C)C[C@H](N)C(=O)O.CC(C)C[C@H](N)C(=O)OC[C@H](N)C(=O)O.CC(C)[C@H](N)C(=O)O.CC(C)[C@H](N)C(=O)O.CC(C)[C@H](N)C(=O)O.CC(C)[C@H](N)C(=O)O.CC(C)[C@H](N)C(=O)O.C[C@H](N)C(=O)O.C[C@H](N)C(=O)O.C[C@H](N)C(=O)OC(=O)[C@@H](N)CCCCN.NCC(=O)O.NCC(=O)O.NCC(=O)O.NCC(=O)O.NCCCC[C@H](N)C(=O)O.N[C@@H](CS)C(=O)O. The van der Waals surface area contributed by atoms with Crippen LogP contribution in [0.15, 0.2) is 0 Å². The van der Waals surface area contributed by atoms with E-state index in [9.17, 15) is 86.3 Å². The van der Waals surface area contributed by atoms with E-state index < -0.39 is 192 Å². The number of aliphatic carboxylic acids is 15. The van der Waals surface area contributed by atoms with Crippen molar-refractivity contribution >= 4 is 120 Å². The number of carbonyl (C=O) groups is 18. The van der Waals surface area contributed by atoms with Crippen LogP contribution in [-0.4, -0.2) is 320 Å². The van der Waals surface area contributed by atoms with E-state index in [0.29, 0.717) is 44.7 Å². The highest BCUT2D eigenvalue weighted by Gasteiger charge is 2.23. The quantitative estimate of drug-likeness (QED) is 0.0118. The Morgan fingerprint density at radius 3 is 0.578 bits per heavy atom. The van der Waals surface area contributed by atoms with Crippen LogP contribution in [0.25, 0.3) is 0 Å². The van der Waals surface area contributed by atoms with Crippen molar-refractivity contribution in [3.63, 3.8) is 0 Å². The maximum absolute atomic E-state index is 11.2. The molecular formula is C72H160N20O35S. The Morgan fingerprint density at radius 2 is 0.453 bits per heavy atom. The number of hydrogen-bond acceptors (Lipinski definition) is 41. The second kappa shape index (κ2) is 101. The highest BCUT2D eigenvalue weighted by atomic mass is 32.1. The minimum absolute atomic E-state index is 0.0208. The molecule has 0 aliphatic heterocycles. The molecule has 0 aromatic heterocycles. The summed E-state index contributed by atoms with van der Waals surface area (Å²) in [5.74, 6) is -15.7. The van der Waals surface area contributed by atoms with Crippen LogP contribution in [0, 0.1) is 41.4 Å². The monoisotopic (exact) mass is 1900 g/mol. The molecule has 0 radical (unpaired) electrons. The van der Waals surface area contributed by atoms with Crippen molar-refractivity contribution in [1.29, 1.82) is 0 Å². The third kappa shape index (κ3) is 145. The van der Waals surface area contributed by atoms with E-state index in [1.54, 1.807) is 69.2 Å². The van der Waals surface area contributed by atoms with Gasteiger partial charge in [0, 0.05) is 5.75 Å². The molecule has 0 amide bonds. The van der Waals surface area contributed by atoms with Crippen molar-refractivity contribution < 1.29 is 172 Å². The van der Waals surface area contributed by atoms with Crippen LogP contribution < -0.4 is 115 Å². The van der Waals surface area contributed by atoms with Crippen molar-refractivity contribution in [3.05, 3.63) is 0 Å². The Hall–Kier alpha value is -9.79. The number of nitrogens with two attached hydrogens (primary N) is 20. The number of thiol groups is 1. The molecule has 764 valence electrons. The van der Waals surface area contributed by atoms with Crippen molar-refractivity contribution in [2.75, 3.05) is 51.6 Å². The summed E-state index contributed by atoms with van der Waals surface area (Å²) in [4.78, 5) is 180. The molecule has 0 aromatic rings. The molecule has 0 aliphatic rings. The first-order valence-corrected chi connectivity index (χ1v) is 39.2. The summed E-state index contributed by atoms with van der Waals surface area (Å²) in [5, 5.41) is 120. The first-order chi connectivity index (χ1) is 57.9. The highest BCUT2D eigenvalue weighted by molar-refractivity contribution is 7.80. The normalized spacial score (nSPS) is 12.9. The maximum Gasteiger partial charge on any atom is 0.330 e. The summed E-state index contributed by atoms with van der Waals surface area (Å²) >= 11 is 3.65. The van der Waals surface area contributed by atoms with Gasteiger partial charge in [-0.15, -0.1) is 0 Å². The summed E-state index contributed by atoms with van der Waals surface area (Å²) in [6, 6.07) is -10.8. The predicted molar refractivity (Wildman–Crippen MR) is 474 cm³/mol. The second-order valence-electron chi connectivity index (χ2n) is 28.3. The van der Waals surface area contributed by atoms with Gasteiger partial charge in [-0.1, -0.05) is 110 Å².